The number of halogens is 1. The van der Waals surface area contributed by atoms with Gasteiger partial charge in [-0.3, -0.25) is 4.79 Å². The van der Waals surface area contributed by atoms with Gasteiger partial charge in [0.2, 0.25) is 0 Å². The highest BCUT2D eigenvalue weighted by atomic mass is 127. The summed E-state index contributed by atoms with van der Waals surface area (Å²) in [7, 11) is 1.90. The molecule has 0 aromatic heterocycles. The molecule has 1 aromatic carbocycles. The van der Waals surface area contributed by atoms with Crippen molar-refractivity contribution in [2.75, 3.05) is 20.1 Å². The minimum Gasteiger partial charge on any atom is -0.337 e. The zero-order chi connectivity index (χ0) is 12.4. The third-order valence-electron chi connectivity index (χ3n) is 3.40. The minimum atomic E-state index is 0.134. The molecular weight excluding hydrogens is 327 g/mol. The quantitative estimate of drug-likeness (QED) is 0.833. The third kappa shape index (κ3) is 2.63. The number of amides is 1. The fourth-order valence-corrected chi connectivity index (χ4v) is 2.66. The molecule has 1 unspecified atom stereocenters. The molecule has 4 heteroatoms. The molecule has 1 aliphatic heterocycles. The van der Waals surface area contributed by atoms with Gasteiger partial charge in [-0.05, 0) is 60.2 Å². The Hall–Kier alpha value is -0.620. The van der Waals surface area contributed by atoms with E-state index < -0.39 is 0 Å². The van der Waals surface area contributed by atoms with Crippen LogP contribution in [0.5, 0.6) is 0 Å². The van der Waals surface area contributed by atoms with E-state index in [-0.39, 0.29) is 5.91 Å². The molecule has 1 aliphatic rings. The molecule has 0 radical (unpaired) electrons. The third-order valence-corrected chi connectivity index (χ3v) is 4.57. The van der Waals surface area contributed by atoms with Gasteiger partial charge < -0.3 is 10.2 Å². The molecule has 1 heterocycles. The molecule has 1 N–H and O–H groups in total. The van der Waals surface area contributed by atoms with Crippen LogP contribution < -0.4 is 5.32 Å². The number of carbonyl (C=O) groups excluding carboxylic acids is 1. The molecule has 1 aromatic rings. The molecule has 92 valence electrons. The van der Waals surface area contributed by atoms with Gasteiger partial charge in [0.1, 0.15) is 0 Å². The second-order valence-electron chi connectivity index (χ2n) is 4.48. The topological polar surface area (TPSA) is 32.3 Å². The molecule has 0 spiro atoms. The zero-order valence-electron chi connectivity index (χ0n) is 10.2. The first-order valence-corrected chi connectivity index (χ1v) is 6.92. The van der Waals surface area contributed by atoms with Crippen LogP contribution in [0.2, 0.25) is 0 Å². The average Bonchev–Trinajstić information content (AvgIpc) is 2.84. The Balaban J connectivity index is 2.21. The lowest BCUT2D eigenvalue weighted by molar-refractivity contribution is 0.0743. The summed E-state index contributed by atoms with van der Waals surface area (Å²) < 4.78 is 1.14. The first kappa shape index (κ1) is 12.8. The van der Waals surface area contributed by atoms with E-state index in [1.165, 1.54) is 0 Å². The van der Waals surface area contributed by atoms with Crippen molar-refractivity contribution in [1.82, 2.24) is 10.2 Å². The molecule has 0 bridgehead atoms. The van der Waals surface area contributed by atoms with Crippen LogP contribution in [-0.2, 0) is 0 Å². The first-order valence-electron chi connectivity index (χ1n) is 5.84. The van der Waals surface area contributed by atoms with Gasteiger partial charge in [-0.25, -0.2) is 0 Å². The van der Waals surface area contributed by atoms with E-state index in [2.05, 4.69) is 27.9 Å². The average molecular weight is 344 g/mol. The van der Waals surface area contributed by atoms with Crippen LogP contribution in [0.25, 0.3) is 0 Å². The van der Waals surface area contributed by atoms with Crippen molar-refractivity contribution >= 4 is 28.5 Å². The van der Waals surface area contributed by atoms with E-state index >= 15 is 0 Å². The minimum absolute atomic E-state index is 0.134. The SMILES string of the molecule is Cc1c(I)cccc1C(=O)N(C)C1CCNC1. The Morgan fingerprint density at radius 2 is 2.29 bits per heavy atom. The predicted octanol–water partition coefficient (Wildman–Crippen LogP) is 2.03. The Morgan fingerprint density at radius 1 is 1.53 bits per heavy atom. The van der Waals surface area contributed by atoms with Crippen LogP contribution in [0.15, 0.2) is 18.2 Å². The largest absolute Gasteiger partial charge is 0.337 e. The van der Waals surface area contributed by atoms with Crippen LogP contribution in [-0.4, -0.2) is 37.0 Å². The van der Waals surface area contributed by atoms with Crippen molar-refractivity contribution < 1.29 is 4.79 Å². The number of hydrogen-bond donors (Lipinski definition) is 1. The summed E-state index contributed by atoms with van der Waals surface area (Å²) in [5.74, 6) is 0.134. The van der Waals surface area contributed by atoms with Crippen molar-refractivity contribution in [2.24, 2.45) is 0 Å². The van der Waals surface area contributed by atoms with Crippen LogP contribution >= 0.6 is 22.6 Å². The zero-order valence-corrected chi connectivity index (χ0v) is 12.3. The van der Waals surface area contributed by atoms with Gasteiger partial charge in [-0.2, -0.15) is 0 Å². The predicted molar refractivity (Wildman–Crippen MR) is 77.3 cm³/mol. The van der Waals surface area contributed by atoms with Gasteiger partial charge >= 0.3 is 0 Å². The molecule has 17 heavy (non-hydrogen) atoms. The first-order chi connectivity index (χ1) is 8.11. The molecular formula is C13H17IN2O. The van der Waals surface area contributed by atoms with E-state index in [0.29, 0.717) is 6.04 Å². The number of nitrogens with zero attached hydrogens (tertiary/aromatic N) is 1. The van der Waals surface area contributed by atoms with Crippen molar-refractivity contribution in [3.63, 3.8) is 0 Å². The van der Waals surface area contributed by atoms with Gasteiger partial charge in [-0.1, -0.05) is 6.07 Å². The number of likely N-dealkylation sites (N-methyl/N-ethyl adjacent to an activating group) is 1. The second-order valence-corrected chi connectivity index (χ2v) is 5.64. The van der Waals surface area contributed by atoms with Crippen LogP contribution in [0.4, 0.5) is 0 Å². The van der Waals surface area contributed by atoms with Crippen LogP contribution in [0.1, 0.15) is 22.3 Å². The van der Waals surface area contributed by atoms with Gasteiger partial charge in [0.15, 0.2) is 0 Å². The number of hydrogen-bond acceptors (Lipinski definition) is 2. The summed E-state index contributed by atoms with van der Waals surface area (Å²) in [6, 6.07) is 6.23. The maximum absolute atomic E-state index is 12.4. The Bertz CT molecular complexity index is 427. The normalized spacial score (nSPS) is 19.4. The maximum atomic E-state index is 12.4. The smallest absolute Gasteiger partial charge is 0.254 e. The van der Waals surface area contributed by atoms with Crippen LogP contribution in [0, 0.1) is 10.5 Å². The summed E-state index contributed by atoms with van der Waals surface area (Å²) in [5.41, 5.74) is 1.90. The standard InChI is InChI=1S/C13H17IN2O/c1-9-11(4-3-5-12(9)14)13(17)16(2)10-6-7-15-8-10/h3-5,10,15H,6-8H2,1-2H3. The van der Waals surface area contributed by atoms with E-state index in [9.17, 15) is 4.79 Å². The van der Waals surface area contributed by atoms with Gasteiger partial charge in [0.05, 0.1) is 0 Å². The van der Waals surface area contributed by atoms with Gasteiger partial charge in [0.25, 0.3) is 5.91 Å². The molecule has 1 atom stereocenters. The molecule has 1 fully saturated rings. The summed E-state index contributed by atoms with van der Waals surface area (Å²) in [5, 5.41) is 3.29. The molecule has 0 aliphatic carbocycles. The number of nitrogens with one attached hydrogen (secondary N) is 1. The van der Waals surface area contributed by atoms with Crippen molar-refractivity contribution in [1.29, 1.82) is 0 Å². The molecule has 3 nitrogen and oxygen atoms in total. The molecule has 0 saturated carbocycles. The lowest BCUT2D eigenvalue weighted by Gasteiger charge is -2.24. The fraction of sp³-hybridized carbons (Fsp3) is 0.462. The highest BCUT2D eigenvalue weighted by Gasteiger charge is 2.24. The van der Waals surface area contributed by atoms with E-state index in [1.807, 2.05) is 37.1 Å². The number of carbonyl (C=O) groups is 1. The van der Waals surface area contributed by atoms with Crippen molar-refractivity contribution in [3.8, 4) is 0 Å². The highest BCUT2D eigenvalue weighted by molar-refractivity contribution is 14.1. The van der Waals surface area contributed by atoms with Crippen molar-refractivity contribution in [3.05, 3.63) is 32.9 Å². The number of benzene rings is 1. The lowest BCUT2D eigenvalue weighted by Crippen LogP contribution is -2.38. The van der Waals surface area contributed by atoms with Gasteiger partial charge in [-0.15, -0.1) is 0 Å². The van der Waals surface area contributed by atoms with E-state index in [4.69, 9.17) is 0 Å². The second kappa shape index (κ2) is 5.35. The van der Waals surface area contributed by atoms with Gasteiger partial charge in [0, 0.05) is 28.8 Å². The summed E-state index contributed by atoms with van der Waals surface area (Å²) >= 11 is 2.27. The Kier molecular flexibility index (Phi) is 4.04. The lowest BCUT2D eigenvalue weighted by atomic mass is 10.1. The summed E-state index contributed by atoms with van der Waals surface area (Å²) in [6.07, 6.45) is 1.05. The number of rotatable bonds is 2. The highest BCUT2D eigenvalue weighted by Crippen LogP contribution is 2.19. The molecule has 1 amide bonds. The fourth-order valence-electron chi connectivity index (χ4n) is 2.16. The van der Waals surface area contributed by atoms with Crippen molar-refractivity contribution in [2.45, 2.75) is 19.4 Å². The molecule has 1 saturated heterocycles. The van der Waals surface area contributed by atoms with Crippen LogP contribution in [0.3, 0.4) is 0 Å². The monoisotopic (exact) mass is 344 g/mol. The van der Waals surface area contributed by atoms with E-state index in [1.54, 1.807) is 0 Å². The summed E-state index contributed by atoms with van der Waals surface area (Å²) in [6.45, 7) is 3.93. The Morgan fingerprint density at radius 3 is 2.94 bits per heavy atom. The Labute approximate surface area is 116 Å². The summed E-state index contributed by atoms with van der Waals surface area (Å²) in [4.78, 5) is 14.3. The van der Waals surface area contributed by atoms with E-state index in [0.717, 1.165) is 34.2 Å². The maximum Gasteiger partial charge on any atom is 0.254 e. The molecule has 2 rings (SSSR count).